The summed E-state index contributed by atoms with van der Waals surface area (Å²) >= 11 is 0. The number of carboxylic acids is 1. The van der Waals surface area contributed by atoms with Gasteiger partial charge >= 0.3 is 5.97 Å². The first kappa shape index (κ1) is 29.9. The highest BCUT2D eigenvalue weighted by atomic mass is 16.6. The minimum atomic E-state index is -1.44. The van der Waals surface area contributed by atoms with Crippen molar-refractivity contribution in [3.05, 3.63) is 48.0 Å². The van der Waals surface area contributed by atoms with Crippen molar-refractivity contribution in [1.82, 2.24) is 29.4 Å². The van der Waals surface area contributed by atoms with E-state index in [1.807, 2.05) is 38.4 Å². The van der Waals surface area contributed by atoms with Gasteiger partial charge in [-0.05, 0) is 38.3 Å². The van der Waals surface area contributed by atoms with Gasteiger partial charge in [0, 0.05) is 69.6 Å². The molecule has 44 heavy (non-hydrogen) atoms. The third-order valence-corrected chi connectivity index (χ3v) is 8.98. The lowest BCUT2D eigenvalue weighted by Crippen LogP contribution is -2.55. The fraction of sp³-hybridized carbons (Fsp3) is 0.484. The molecule has 232 valence electrons. The number of ether oxygens (including phenoxy) is 3. The Labute approximate surface area is 254 Å². The number of aryl methyl sites for hydroxylation is 1. The number of fused-ring (bicyclic) bond motifs is 3. The molecule has 0 bridgehead atoms. The number of nitrogens with zero attached hydrogens (tertiary/aromatic N) is 6. The van der Waals surface area contributed by atoms with Crippen molar-refractivity contribution in [3.8, 4) is 22.5 Å². The van der Waals surface area contributed by atoms with Crippen molar-refractivity contribution < 1.29 is 28.9 Å². The van der Waals surface area contributed by atoms with Crippen LogP contribution in [0.3, 0.4) is 0 Å². The van der Waals surface area contributed by atoms with Crippen LogP contribution in [0.4, 0.5) is 5.82 Å². The number of nitrogens with one attached hydrogen (secondary N) is 1. The summed E-state index contributed by atoms with van der Waals surface area (Å²) in [5, 5.41) is 22.9. The summed E-state index contributed by atoms with van der Waals surface area (Å²) in [4.78, 5) is 35.9. The molecule has 13 heteroatoms. The molecule has 2 unspecified atom stereocenters. The number of Topliss-reactive ketones (excluding diaryl/α,β-unsaturated/α-hetero) is 1. The van der Waals surface area contributed by atoms with E-state index in [0.29, 0.717) is 48.5 Å². The molecular weight excluding hydrogens is 566 g/mol. The Kier molecular flexibility index (Phi) is 8.18. The number of ketones is 1. The quantitative estimate of drug-likeness (QED) is 0.256. The van der Waals surface area contributed by atoms with E-state index < -0.39 is 23.6 Å². The molecule has 13 nitrogen and oxygen atoms in total. The van der Waals surface area contributed by atoms with Crippen LogP contribution < -0.4 is 5.32 Å². The molecule has 6 rings (SSSR count). The van der Waals surface area contributed by atoms with Gasteiger partial charge < -0.3 is 24.6 Å². The van der Waals surface area contributed by atoms with Gasteiger partial charge in [0.2, 0.25) is 0 Å². The fourth-order valence-electron chi connectivity index (χ4n) is 6.61. The Bertz CT molecular complexity index is 1680. The van der Waals surface area contributed by atoms with Crippen molar-refractivity contribution in [1.29, 1.82) is 0 Å². The Morgan fingerprint density at radius 1 is 1.20 bits per heavy atom. The van der Waals surface area contributed by atoms with Gasteiger partial charge in [0.15, 0.2) is 17.0 Å². The zero-order valence-electron chi connectivity index (χ0n) is 25.3. The van der Waals surface area contributed by atoms with Gasteiger partial charge in [0.1, 0.15) is 11.5 Å². The van der Waals surface area contributed by atoms with Gasteiger partial charge in [0.25, 0.3) is 0 Å². The fourth-order valence-corrected chi connectivity index (χ4v) is 6.61. The predicted molar refractivity (Wildman–Crippen MR) is 161 cm³/mol. The zero-order chi connectivity index (χ0) is 31.0. The normalized spacial score (nSPS) is 22.5. The van der Waals surface area contributed by atoms with Crippen LogP contribution in [0.15, 0.2) is 36.8 Å². The number of aromatic nitrogens is 6. The summed E-state index contributed by atoms with van der Waals surface area (Å²) < 4.78 is 20.3. The van der Waals surface area contributed by atoms with Crippen molar-refractivity contribution in [2.45, 2.75) is 50.2 Å². The molecule has 1 saturated carbocycles. The van der Waals surface area contributed by atoms with Crippen LogP contribution in [0.1, 0.15) is 54.6 Å². The van der Waals surface area contributed by atoms with Crippen LogP contribution in [0.2, 0.25) is 0 Å². The number of aliphatic carboxylic acids is 1. The average molecular weight is 604 g/mol. The van der Waals surface area contributed by atoms with Crippen LogP contribution in [-0.2, 0) is 26.1 Å². The minimum Gasteiger partial charge on any atom is -0.479 e. The van der Waals surface area contributed by atoms with Gasteiger partial charge in [-0.1, -0.05) is 6.07 Å². The van der Waals surface area contributed by atoms with E-state index in [1.54, 1.807) is 35.8 Å². The molecule has 4 atom stereocenters. The number of carboxylic acid groups (broad SMARTS) is 1. The summed E-state index contributed by atoms with van der Waals surface area (Å²) in [6, 6.07) is 5.78. The van der Waals surface area contributed by atoms with Gasteiger partial charge in [-0.3, -0.25) is 14.5 Å². The highest BCUT2D eigenvalue weighted by molar-refractivity contribution is 6.04. The molecule has 0 spiro atoms. The second kappa shape index (κ2) is 12.1. The lowest BCUT2D eigenvalue weighted by molar-refractivity contribution is -0.193. The van der Waals surface area contributed by atoms with Gasteiger partial charge in [-0.15, -0.1) is 0 Å². The van der Waals surface area contributed by atoms with Crippen LogP contribution >= 0.6 is 0 Å². The molecule has 5 heterocycles. The summed E-state index contributed by atoms with van der Waals surface area (Å²) in [6.45, 7) is 2.78. The van der Waals surface area contributed by atoms with E-state index >= 15 is 0 Å². The average Bonchev–Trinajstić information content (AvgIpc) is 3.67. The number of rotatable bonds is 10. The minimum absolute atomic E-state index is 0.00987. The number of pyridine rings is 1. The van der Waals surface area contributed by atoms with Crippen LogP contribution in [0.5, 0.6) is 0 Å². The molecule has 0 amide bonds. The molecule has 4 aromatic heterocycles. The van der Waals surface area contributed by atoms with E-state index in [9.17, 15) is 14.7 Å². The first-order valence-corrected chi connectivity index (χ1v) is 14.8. The van der Waals surface area contributed by atoms with Crippen LogP contribution in [0.25, 0.3) is 28.2 Å². The first-order chi connectivity index (χ1) is 21.3. The number of hydrogen-bond donors (Lipinski definition) is 2. The van der Waals surface area contributed by atoms with E-state index in [4.69, 9.17) is 19.2 Å². The van der Waals surface area contributed by atoms with Crippen LogP contribution in [0, 0.1) is 5.92 Å². The zero-order valence-corrected chi connectivity index (χ0v) is 25.3. The van der Waals surface area contributed by atoms with E-state index in [0.717, 1.165) is 22.5 Å². The topological polar surface area (TPSA) is 155 Å². The van der Waals surface area contributed by atoms with Gasteiger partial charge in [0.05, 0.1) is 42.5 Å². The van der Waals surface area contributed by atoms with Crippen molar-refractivity contribution >= 4 is 23.2 Å². The van der Waals surface area contributed by atoms with Crippen molar-refractivity contribution in [3.63, 3.8) is 0 Å². The molecule has 0 aromatic carbocycles. The number of anilines is 1. The molecule has 1 aliphatic heterocycles. The third kappa shape index (κ3) is 5.14. The van der Waals surface area contributed by atoms with E-state index in [2.05, 4.69) is 20.5 Å². The summed E-state index contributed by atoms with van der Waals surface area (Å²) in [6.07, 6.45) is 6.43. The number of carbonyl (C=O) groups excluding carboxylic acids is 1. The standard InChI is InChI=1S/C31H37N7O6/c1-18(43-4)22-15-19(7-10-31(22,30(40)41)44-14-13-42-3)27-26-25(39)8-11-32-29(26)38-28(35-27)21(17-34-38)20-5-6-23(33-16-20)24-9-12-37(2)36-24/h5-6,9,12,16-19,22,32H,7-8,10-11,13-15H2,1-4H3,(H,40,41)/t18?,19-,22?,31-/m1/s1. The summed E-state index contributed by atoms with van der Waals surface area (Å²) in [5.74, 6) is -1.12. The maximum absolute atomic E-state index is 13.4. The van der Waals surface area contributed by atoms with Crippen molar-refractivity contribution in [2.75, 3.05) is 39.3 Å². The van der Waals surface area contributed by atoms with E-state index in [1.165, 1.54) is 0 Å². The predicted octanol–water partition coefficient (Wildman–Crippen LogP) is 3.60. The highest BCUT2D eigenvalue weighted by Crippen LogP contribution is 2.48. The largest absolute Gasteiger partial charge is 0.479 e. The maximum Gasteiger partial charge on any atom is 0.336 e. The van der Waals surface area contributed by atoms with Crippen molar-refractivity contribution in [2.24, 2.45) is 13.0 Å². The maximum atomic E-state index is 13.4. The second-order valence-electron chi connectivity index (χ2n) is 11.5. The number of hydrogen-bond acceptors (Lipinski definition) is 10. The molecule has 0 radical (unpaired) electrons. The smallest absolute Gasteiger partial charge is 0.336 e. The molecule has 2 N–H and O–H groups in total. The highest BCUT2D eigenvalue weighted by Gasteiger charge is 2.53. The molecule has 1 aliphatic carbocycles. The monoisotopic (exact) mass is 603 g/mol. The molecule has 1 fully saturated rings. The Hall–Kier alpha value is -4.20. The van der Waals surface area contributed by atoms with E-state index in [-0.39, 0.29) is 31.3 Å². The Morgan fingerprint density at radius 3 is 2.73 bits per heavy atom. The lowest BCUT2D eigenvalue weighted by atomic mass is 9.67. The molecule has 0 saturated heterocycles. The van der Waals surface area contributed by atoms with Gasteiger partial charge in [-0.2, -0.15) is 14.7 Å². The Morgan fingerprint density at radius 2 is 2.05 bits per heavy atom. The molecule has 4 aromatic rings. The summed E-state index contributed by atoms with van der Waals surface area (Å²) in [5.41, 5.74) is 3.43. The molecule has 2 aliphatic rings. The summed E-state index contributed by atoms with van der Waals surface area (Å²) in [7, 11) is 4.98. The van der Waals surface area contributed by atoms with Gasteiger partial charge in [-0.25, -0.2) is 9.78 Å². The lowest BCUT2D eigenvalue weighted by Gasteiger charge is -2.45. The first-order valence-electron chi connectivity index (χ1n) is 14.8. The third-order valence-electron chi connectivity index (χ3n) is 8.98. The molecular formula is C31H37N7O6. The number of methoxy groups -OCH3 is 2. The second-order valence-corrected chi connectivity index (χ2v) is 11.5. The Balaban J connectivity index is 1.42. The number of carbonyl (C=O) groups is 2. The SMILES string of the molecule is COCCO[C@]1(C(=O)O)CC[C@@H](c2nc3c(-c4ccc(-c5ccn(C)n5)nc4)cnn3c3c2C(=O)CCN3)CC1C(C)OC. The van der Waals surface area contributed by atoms with Crippen LogP contribution in [-0.4, -0.2) is 91.9 Å².